The molecule has 0 spiro atoms. The SMILES string of the molecule is CCn1cc(C(=O)O)cc(F)c1=O. The number of aromatic nitrogens is 1. The van der Waals surface area contributed by atoms with E-state index in [1.165, 1.54) is 0 Å². The van der Waals surface area contributed by atoms with E-state index in [1.54, 1.807) is 6.92 Å². The van der Waals surface area contributed by atoms with Crippen molar-refractivity contribution in [3.63, 3.8) is 0 Å². The predicted octanol–water partition coefficient (Wildman–Crippen LogP) is 0.706. The van der Waals surface area contributed by atoms with Crippen LogP contribution in [-0.4, -0.2) is 15.6 Å². The largest absolute Gasteiger partial charge is 0.478 e. The lowest BCUT2D eigenvalue weighted by molar-refractivity contribution is 0.0695. The molecule has 0 aromatic carbocycles. The highest BCUT2D eigenvalue weighted by Crippen LogP contribution is 1.99. The Bertz CT molecular complexity index is 397. The number of carboxylic acid groups (broad SMARTS) is 1. The summed E-state index contributed by atoms with van der Waals surface area (Å²) in [6.45, 7) is 1.88. The molecule has 0 saturated carbocycles. The third-order valence-corrected chi connectivity index (χ3v) is 1.63. The van der Waals surface area contributed by atoms with Crippen LogP contribution < -0.4 is 5.56 Å². The maximum Gasteiger partial charge on any atom is 0.337 e. The second-order valence-corrected chi connectivity index (χ2v) is 2.47. The highest BCUT2D eigenvalue weighted by molar-refractivity contribution is 5.87. The molecule has 1 heterocycles. The van der Waals surface area contributed by atoms with E-state index in [2.05, 4.69) is 0 Å². The van der Waals surface area contributed by atoms with Gasteiger partial charge in [-0.15, -0.1) is 0 Å². The van der Waals surface area contributed by atoms with Gasteiger partial charge in [-0.3, -0.25) is 4.79 Å². The van der Waals surface area contributed by atoms with Crippen molar-refractivity contribution in [2.75, 3.05) is 0 Å². The minimum Gasteiger partial charge on any atom is -0.478 e. The molecule has 5 heteroatoms. The molecule has 0 aliphatic rings. The average Bonchev–Trinajstić information content (AvgIpc) is 2.09. The van der Waals surface area contributed by atoms with E-state index < -0.39 is 17.3 Å². The van der Waals surface area contributed by atoms with E-state index in [4.69, 9.17) is 5.11 Å². The zero-order valence-electron chi connectivity index (χ0n) is 6.95. The zero-order chi connectivity index (χ0) is 10.0. The van der Waals surface area contributed by atoms with E-state index in [0.29, 0.717) is 0 Å². The molecule has 0 radical (unpaired) electrons. The molecule has 0 aliphatic carbocycles. The monoisotopic (exact) mass is 185 g/mol. The first-order chi connectivity index (χ1) is 6.06. The molecule has 0 fully saturated rings. The van der Waals surface area contributed by atoms with Crippen molar-refractivity contribution < 1.29 is 14.3 Å². The third-order valence-electron chi connectivity index (χ3n) is 1.63. The minimum atomic E-state index is -1.25. The molecule has 1 rings (SSSR count). The molecule has 70 valence electrons. The molecule has 0 amide bonds. The predicted molar refractivity (Wildman–Crippen MR) is 43.3 cm³/mol. The summed E-state index contributed by atoms with van der Waals surface area (Å²) >= 11 is 0. The Morgan fingerprint density at radius 2 is 2.31 bits per heavy atom. The second-order valence-electron chi connectivity index (χ2n) is 2.47. The van der Waals surface area contributed by atoms with Crippen LogP contribution in [-0.2, 0) is 6.54 Å². The van der Waals surface area contributed by atoms with Crippen molar-refractivity contribution in [2.45, 2.75) is 13.5 Å². The number of aryl methyl sites for hydroxylation is 1. The van der Waals surface area contributed by atoms with Crippen LogP contribution in [0.25, 0.3) is 0 Å². The van der Waals surface area contributed by atoms with Crippen LogP contribution in [0.1, 0.15) is 17.3 Å². The normalized spacial score (nSPS) is 10.0. The summed E-state index contributed by atoms with van der Waals surface area (Å²) in [6, 6.07) is 0.719. The van der Waals surface area contributed by atoms with Gasteiger partial charge in [-0.25, -0.2) is 9.18 Å². The summed E-state index contributed by atoms with van der Waals surface area (Å²) in [5, 5.41) is 8.54. The Kier molecular flexibility index (Phi) is 2.46. The molecule has 0 atom stereocenters. The van der Waals surface area contributed by atoms with E-state index in [-0.39, 0.29) is 12.1 Å². The van der Waals surface area contributed by atoms with Crippen molar-refractivity contribution in [3.05, 3.63) is 34.0 Å². The van der Waals surface area contributed by atoms with Crippen LogP contribution in [0.3, 0.4) is 0 Å². The number of halogens is 1. The van der Waals surface area contributed by atoms with Crippen molar-refractivity contribution in [1.82, 2.24) is 4.57 Å². The average molecular weight is 185 g/mol. The van der Waals surface area contributed by atoms with Crippen LogP contribution in [0.15, 0.2) is 17.1 Å². The zero-order valence-corrected chi connectivity index (χ0v) is 6.95. The Morgan fingerprint density at radius 3 is 2.77 bits per heavy atom. The van der Waals surface area contributed by atoms with Gasteiger partial charge < -0.3 is 9.67 Å². The fraction of sp³-hybridized carbons (Fsp3) is 0.250. The number of hydrogen-bond acceptors (Lipinski definition) is 2. The van der Waals surface area contributed by atoms with Gasteiger partial charge in [-0.2, -0.15) is 0 Å². The summed E-state index contributed by atoms with van der Waals surface area (Å²) in [6.07, 6.45) is 1.12. The van der Waals surface area contributed by atoms with E-state index in [0.717, 1.165) is 16.8 Å². The van der Waals surface area contributed by atoms with Crippen LogP contribution in [0.4, 0.5) is 4.39 Å². The molecular weight excluding hydrogens is 177 g/mol. The summed E-state index contributed by atoms with van der Waals surface area (Å²) in [4.78, 5) is 21.4. The van der Waals surface area contributed by atoms with Crippen LogP contribution >= 0.6 is 0 Å². The summed E-state index contributed by atoms with van der Waals surface area (Å²) in [7, 11) is 0. The molecule has 1 aromatic heterocycles. The lowest BCUT2D eigenvalue weighted by Gasteiger charge is -2.02. The number of carbonyl (C=O) groups is 1. The maximum absolute atomic E-state index is 12.8. The van der Waals surface area contributed by atoms with Crippen molar-refractivity contribution in [1.29, 1.82) is 0 Å². The number of nitrogens with zero attached hydrogens (tertiary/aromatic N) is 1. The first kappa shape index (κ1) is 9.44. The number of rotatable bonds is 2. The Hall–Kier alpha value is -1.65. The van der Waals surface area contributed by atoms with E-state index in [1.807, 2.05) is 0 Å². The lowest BCUT2D eigenvalue weighted by Crippen LogP contribution is -2.23. The molecular formula is C8H8FNO3. The standard InChI is InChI=1S/C8H8FNO3/c1-2-10-4-5(8(12)13)3-6(9)7(10)11/h3-4H,2H2,1H3,(H,12,13). The molecule has 0 saturated heterocycles. The van der Waals surface area contributed by atoms with Gasteiger partial charge in [0.15, 0.2) is 5.82 Å². The van der Waals surface area contributed by atoms with Crippen molar-refractivity contribution in [2.24, 2.45) is 0 Å². The Labute approximate surface area is 73.2 Å². The molecule has 0 bridgehead atoms. The fourth-order valence-corrected chi connectivity index (χ4v) is 0.951. The first-order valence-electron chi connectivity index (χ1n) is 3.69. The first-order valence-corrected chi connectivity index (χ1v) is 3.69. The van der Waals surface area contributed by atoms with Gasteiger partial charge in [-0.05, 0) is 13.0 Å². The molecule has 4 nitrogen and oxygen atoms in total. The molecule has 0 unspecified atom stereocenters. The van der Waals surface area contributed by atoms with Gasteiger partial charge in [0.05, 0.1) is 5.56 Å². The highest BCUT2D eigenvalue weighted by atomic mass is 19.1. The summed E-state index contributed by atoms with van der Waals surface area (Å²) in [5.41, 5.74) is -1.02. The topological polar surface area (TPSA) is 59.3 Å². The second kappa shape index (κ2) is 3.38. The fourth-order valence-electron chi connectivity index (χ4n) is 0.951. The lowest BCUT2D eigenvalue weighted by atomic mass is 10.3. The minimum absolute atomic E-state index is 0.223. The number of aromatic carboxylic acids is 1. The molecule has 1 aromatic rings. The van der Waals surface area contributed by atoms with Crippen LogP contribution in [0, 0.1) is 5.82 Å². The van der Waals surface area contributed by atoms with E-state index >= 15 is 0 Å². The summed E-state index contributed by atoms with van der Waals surface area (Å²) < 4.78 is 13.8. The Morgan fingerprint density at radius 1 is 1.69 bits per heavy atom. The Balaban J connectivity index is 3.39. The number of hydrogen-bond donors (Lipinski definition) is 1. The van der Waals surface area contributed by atoms with Gasteiger partial charge in [-0.1, -0.05) is 0 Å². The van der Waals surface area contributed by atoms with Gasteiger partial charge >= 0.3 is 5.97 Å². The summed E-state index contributed by atoms with van der Waals surface area (Å²) in [5.74, 6) is -2.29. The van der Waals surface area contributed by atoms with Gasteiger partial charge in [0.2, 0.25) is 0 Å². The van der Waals surface area contributed by atoms with E-state index in [9.17, 15) is 14.0 Å². The van der Waals surface area contributed by atoms with Crippen LogP contribution in [0.2, 0.25) is 0 Å². The third kappa shape index (κ3) is 1.74. The number of pyridine rings is 1. The highest BCUT2D eigenvalue weighted by Gasteiger charge is 2.09. The number of carboxylic acids is 1. The smallest absolute Gasteiger partial charge is 0.337 e. The van der Waals surface area contributed by atoms with Gasteiger partial charge in [0, 0.05) is 12.7 Å². The van der Waals surface area contributed by atoms with Crippen LogP contribution in [0.5, 0.6) is 0 Å². The molecule has 1 N–H and O–H groups in total. The molecule has 13 heavy (non-hydrogen) atoms. The van der Waals surface area contributed by atoms with Crippen molar-refractivity contribution >= 4 is 5.97 Å². The maximum atomic E-state index is 12.8. The molecule has 0 aliphatic heterocycles. The quantitative estimate of drug-likeness (QED) is 0.737. The van der Waals surface area contributed by atoms with Gasteiger partial charge in [0.25, 0.3) is 5.56 Å². The van der Waals surface area contributed by atoms with Gasteiger partial charge in [0.1, 0.15) is 0 Å². The van der Waals surface area contributed by atoms with Crippen molar-refractivity contribution in [3.8, 4) is 0 Å².